The zero-order valence-corrected chi connectivity index (χ0v) is 16.9. The summed E-state index contributed by atoms with van der Waals surface area (Å²) in [4.78, 5) is 17.4. The number of hydrogen-bond acceptors (Lipinski definition) is 5. The Morgan fingerprint density at radius 3 is 2.69 bits per heavy atom. The molecule has 3 rings (SSSR count). The van der Waals surface area contributed by atoms with Crippen molar-refractivity contribution in [1.29, 1.82) is 4.78 Å². The summed E-state index contributed by atoms with van der Waals surface area (Å²) in [5.41, 5.74) is 2.71. The van der Waals surface area contributed by atoms with Crippen LogP contribution in [-0.2, 0) is 9.92 Å². The van der Waals surface area contributed by atoms with Crippen LogP contribution in [0.1, 0.15) is 9.67 Å². The van der Waals surface area contributed by atoms with Gasteiger partial charge in [-0.15, -0.1) is 11.3 Å². The lowest BCUT2D eigenvalue weighted by Crippen LogP contribution is -2.11. The van der Waals surface area contributed by atoms with E-state index in [4.69, 9.17) is 4.78 Å². The van der Waals surface area contributed by atoms with Crippen LogP contribution in [0.25, 0.3) is 11.3 Å². The van der Waals surface area contributed by atoms with Crippen molar-refractivity contribution in [3.63, 3.8) is 0 Å². The molecule has 2 heterocycles. The zero-order valence-electron chi connectivity index (χ0n) is 13.7. The fraction of sp³-hybridized carbons (Fsp3) is 0.0588. The van der Waals surface area contributed by atoms with Gasteiger partial charge >= 0.3 is 0 Å². The van der Waals surface area contributed by atoms with Gasteiger partial charge in [-0.3, -0.25) is 14.5 Å². The Hall–Kier alpha value is -2.23. The van der Waals surface area contributed by atoms with Gasteiger partial charge in [0.05, 0.1) is 16.3 Å². The van der Waals surface area contributed by atoms with Gasteiger partial charge in [0.1, 0.15) is 9.92 Å². The van der Waals surface area contributed by atoms with Crippen molar-refractivity contribution in [2.24, 2.45) is 0 Å². The quantitative estimate of drug-likeness (QED) is 0.519. The third-order valence-corrected chi connectivity index (χ3v) is 5.26. The van der Waals surface area contributed by atoms with E-state index in [2.05, 4.69) is 31.0 Å². The molecule has 0 aliphatic heterocycles. The second kappa shape index (κ2) is 7.56. The molecule has 9 heteroatoms. The highest BCUT2D eigenvalue weighted by Gasteiger charge is 2.12. The number of aromatic nitrogens is 1. The zero-order chi connectivity index (χ0) is 18.7. The minimum Gasteiger partial charge on any atom is -0.321 e. The lowest BCUT2D eigenvalue weighted by molar-refractivity contribution is 0.103. The first-order valence-corrected chi connectivity index (χ1v) is 11.1. The Balaban J connectivity index is 1.79. The van der Waals surface area contributed by atoms with Crippen molar-refractivity contribution in [1.82, 2.24) is 4.98 Å². The molecule has 3 aromatic rings. The molecule has 6 nitrogen and oxygen atoms in total. The Morgan fingerprint density at radius 2 is 2.00 bits per heavy atom. The molecule has 0 aliphatic carbocycles. The van der Waals surface area contributed by atoms with Crippen LogP contribution in [0.2, 0.25) is 0 Å². The van der Waals surface area contributed by atoms with Gasteiger partial charge in [0, 0.05) is 33.6 Å². The summed E-state index contributed by atoms with van der Waals surface area (Å²) in [6, 6.07) is 12.5. The normalized spacial score (nSPS) is 13.0. The van der Waals surface area contributed by atoms with Crippen molar-refractivity contribution in [2.75, 3.05) is 16.3 Å². The van der Waals surface area contributed by atoms with Crippen LogP contribution in [0.15, 0.2) is 58.5 Å². The van der Waals surface area contributed by atoms with Gasteiger partial charge in [0.15, 0.2) is 0 Å². The molecule has 0 aliphatic rings. The molecule has 0 fully saturated rings. The molecule has 134 valence electrons. The van der Waals surface area contributed by atoms with E-state index in [0.29, 0.717) is 20.7 Å². The molecule has 1 amide bonds. The maximum atomic E-state index is 12.5. The Kier molecular flexibility index (Phi) is 5.40. The van der Waals surface area contributed by atoms with E-state index in [0.717, 1.165) is 11.3 Å². The van der Waals surface area contributed by atoms with E-state index < -0.39 is 9.92 Å². The number of halogens is 1. The Labute approximate surface area is 163 Å². The van der Waals surface area contributed by atoms with Crippen LogP contribution in [0, 0.1) is 4.78 Å². The van der Waals surface area contributed by atoms with Crippen molar-refractivity contribution < 1.29 is 9.00 Å². The maximum Gasteiger partial charge on any atom is 0.265 e. The minimum absolute atomic E-state index is 0.246. The average Bonchev–Trinajstić information content (AvgIpc) is 3.03. The smallest absolute Gasteiger partial charge is 0.265 e. The molecule has 0 saturated carbocycles. The SMILES string of the molecule is CS(=N)(=O)Nc1cc(Br)cc(NC(=O)c2cc(-c3ccccn3)cs2)c1. The van der Waals surface area contributed by atoms with E-state index >= 15 is 0 Å². The molecular weight excluding hydrogens is 436 g/mol. The number of benzene rings is 1. The standard InChI is InChI=1S/C17H15BrN4O2S2/c1-26(19,24)22-14-8-12(18)7-13(9-14)21-17(23)16-6-11(10-25-16)15-4-2-3-5-20-15/h2-10H,1H3,(H,21,23)(H2,19,22,24). The summed E-state index contributed by atoms with van der Waals surface area (Å²) in [5.74, 6) is -0.246. The van der Waals surface area contributed by atoms with E-state index in [1.54, 1.807) is 30.5 Å². The van der Waals surface area contributed by atoms with Gasteiger partial charge in [-0.25, -0.2) is 8.99 Å². The number of nitrogens with one attached hydrogen (secondary N) is 3. The average molecular weight is 451 g/mol. The van der Waals surface area contributed by atoms with Crippen molar-refractivity contribution >= 4 is 54.5 Å². The van der Waals surface area contributed by atoms with Crippen LogP contribution >= 0.6 is 27.3 Å². The monoisotopic (exact) mass is 450 g/mol. The predicted octanol–water partition coefficient (Wildman–Crippen LogP) is 4.83. The second-order valence-corrected chi connectivity index (χ2v) is 9.26. The number of carbonyl (C=O) groups excluding carboxylic acids is 1. The highest BCUT2D eigenvalue weighted by molar-refractivity contribution is 9.10. The first kappa shape index (κ1) is 18.6. The summed E-state index contributed by atoms with van der Waals surface area (Å²) in [5, 5.41) is 4.70. The van der Waals surface area contributed by atoms with Gasteiger partial charge in [0.25, 0.3) is 5.91 Å². The van der Waals surface area contributed by atoms with Crippen LogP contribution in [0.5, 0.6) is 0 Å². The van der Waals surface area contributed by atoms with Gasteiger partial charge in [0.2, 0.25) is 0 Å². The van der Waals surface area contributed by atoms with Crippen LogP contribution < -0.4 is 10.0 Å². The minimum atomic E-state index is -2.91. The third kappa shape index (κ3) is 4.90. The lowest BCUT2D eigenvalue weighted by atomic mass is 10.2. The Bertz CT molecular complexity index is 1050. The summed E-state index contributed by atoms with van der Waals surface area (Å²) in [6.45, 7) is 0. The van der Waals surface area contributed by atoms with Crippen molar-refractivity contribution in [3.05, 3.63) is 63.4 Å². The fourth-order valence-corrected chi connectivity index (χ4v) is 4.12. The molecule has 0 spiro atoms. The second-order valence-electron chi connectivity index (χ2n) is 5.54. The predicted molar refractivity (Wildman–Crippen MR) is 110 cm³/mol. The van der Waals surface area contributed by atoms with Crippen LogP contribution in [0.4, 0.5) is 11.4 Å². The van der Waals surface area contributed by atoms with Gasteiger partial charge in [-0.2, -0.15) is 0 Å². The van der Waals surface area contributed by atoms with Gasteiger partial charge < -0.3 is 5.32 Å². The molecule has 2 aromatic heterocycles. The molecule has 0 saturated heterocycles. The van der Waals surface area contributed by atoms with E-state index in [9.17, 15) is 9.00 Å². The molecule has 3 N–H and O–H groups in total. The number of rotatable bonds is 5. The lowest BCUT2D eigenvalue weighted by Gasteiger charge is -2.10. The number of thiophene rings is 1. The fourth-order valence-electron chi connectivity index (χ4n) is 2.26. The molecule has 26 heavy (non-hydrogen) atoms. The number of amides is 1. The van der Waals surface area contributed by atoms with Crippen molar-refractivity contribution in [3.8, 4) is 11.3 Å². The highest BCUT2D eigenvalue weighted by atomic mass is 79.9. The first-order valence-electron chi connectivity index (χ1n) is 7.43. The van der Waals surface area contributed by atoms with E-state index in [-0.39, 0.29) is 5.91 Å². The van der Waals surface area contributed by atoms with Crippen LogP contribution in [-0.4, -0.2) is 21.4 Å². The number of anilines is 2. The Morgan fingerprint density at radius 1 is 1.23 bits per heavy atom. The number of pyridine rings is 1. The molecular formula is C17H15BrN4O2S2. The summed E-state index contributed by atoms with van der Waals surface area (Å²) in [6.07, 6.45) is 3.00. The molecule has 0 radical (unpaired) electrons. The number of nitrogens with zero attached hydrogens (tertiary/aromatic N) is 1. The third-order valence-electron chi connectivity index (χ3n) is 3.25. The molecule has 1 unspecified atom stereocenters. The maximum absolute atomic E-state index is 12.5. The van der Waals surface area contributed by atoms with Crippen LogP contribution in [0.3, 0.4) is 0 Å². The van der Waals surface area contributed by atoms with Gasteiger partial charge in [-0.05, 0) is 36.4 Å². The van der Waals surface area contributed by atoms with Crippen molar-refractivity contribution in [2.45, 2.75) is 0 Å². The molecule has 0 bridgehead atoms. The topological polar surface area (TPSA) is 94.9 Å². The largest absolute Gasteiger partial charge is 0.321 e. The summed E-state index contributed by atoms with van der Waals surface area (Å²) >= 11 is 4.69. The molecule has 1 atom stereocenters. The summed E-state index contributed by atoms with van der Waals surface area (Å²) < 4.78 is 22.4. The number of hydrogen-bond donors (Lipinski definition) is 3. The number of carbonyl (C=O) groups is 1. The van der Waals surface area contributed by atoms with Gasteiger partial charge in [-0.1, -0.05) is 22.0 Å². The van der Waals surface area contributed by atoms with E-state index in [1.165, 1.54) is 17.6 Å². The molecule has 1 aromatic carbocycles. The first-order chi connectivity index (χ1) is 12.3. The van der Waals surface area contributed by atoms with E-state index in [1.807, 2.05) is 23.6 Å². The highest BCUT2D eigenvalue weighted by Crippen LogP contribution is 2.27. The summed E-state index contributed by atoms with van der Waals surface area (Å²) in [7, 11) is -2.91.